The molecule has 0 atom stereocenters. The molecular formula is C22H19ClN4O3. The van der Waals surface area contributed by atoms with E-state index in [1.165, 1.54) is 6.07 Å². The van der Waals surface area contributed by atoms with Crippen LogP contribution in [0.25, 0.3) is 11.3 Å². The summed E-state index contributed by atoms with van der Waals surface area (Å²) in [5.41, 5.74) is 2.12. The van der Waals surface area contributed by atoms with E-state index in [0.29, 0.717) is 35.1 Å². The first-order valence-corrected chi connectivity index (χ1v) is 9.92. The molecule has 2 heterocycles. The minimum Gasteiger partial charge on any atom is -0.323 e. The van der Waals surface area contributed by atoms with Gasteiger partial charge in [-0.2, -0.15) is 5.10 Å². The van der Waals surface area contributed by atoms with Crippen LogP contribution in [-0.4, -0.2) is 28.1 Å². The second-order valence-corrected chi connectivity index (χ2v) is 7.35. The quantitative estimate of drug-likeness (QED) is 0.683. The number of carbonyl (C=O) groups excluding carboxylic acids is 2. The van der Waals surface area contributed by atoms with Crippen molar-refractivity contribution in [2.75, 3.05) is 16.8 Å². The number of rotatable bonds is 5. The normalized spacial score (nSPS) is 13.5. The minimum absolute atomic E-state index is 0.0445. The van der Waals surface area contributed by atoms with Crippen LogP contribution in [-0.2, 0) is 16.1 Å². The SMILES string of the molecule is O=C(Cn1nc(-c2ccccc2)ccc1=O)Nc1cc(N2CCCC2=O)ccc1Cl. The van der Waals surface area contributed by atoms with Gasteiger partial charge in [0.05, 0.1) is 16.4 Å². The molecule has 1 aliphatic heterocycles. The third-order valence-corrected chi connectivity index (χ3v) is 5.17. The maximum Gasteiger partial charge on any atom is 0.267 e. The Morgan fingerprint density at radius 3 is 2.60 bits per heavy atom. The summed E-state index contributed by atoms with van der Waals surface area (Å²) in [5, 5.41) is 7.35. The third-order valence-electron chi connectivity index (χ3n) is 4.84. The Morgan fingerprint density at radius 1 is 1.07 bits per heavy atom. The first kappa shape index (κ1) is 19.8. The molecule has 1 aliphatic rings. The summed E-state index contributed by atoms with van der Waals surface area (Å²) in [6.45, 7) is 0.377. The second kappa shape index (κ2) is 8.51. The van der Waals surface area contributed by atoms with Crippen LogP contribution in [0, 0.1) is 0 Å². The summed E-state index contributed by atoms with van der Waals surface area (Å²) in [6.07, 6.45) is 1.31. The van der Waals surface area contributed by atoms with Crippen molar-refractivity contribution in [3.05, 3.63) is 76.0 Å². The van der Waals surface area contributed by atoms with Crippen molar-refractivity contribution in [2.24, 2.45) is 0 Å². The van der Waals surface area contributed by atoms with E-state index in [9.17, 15) is 14.4 Å². The first-order chi connectivity index (χ1) is 14.5. The largest absolute Gasteiger partial charge is 0.323 e. The average molecular weight is 423 g/mol. The summed E-state index contributed by atoms with van der Waals surface area (Å²) in [7, 11) is 0. The zero-order valence-electron chi connectivity index (χ0n) is 16.0. The van der Waals surface area contributed by atoms with Crippen LogP contribution in [0.3, 0.4) is 0 Å². The van der Waals surface area contributed by atoms with E-state index in [2.05, 4.69) is 10.4 Å². The molecule has 0 bridgehead atoms. The van der Waals surface area contributed by atoms with E-state index in [4.69, 9.17) is 11.6 Å². The molecule has 152 valence electrons. The number of carbonyl (C=O) groups is 2. The summed E-state index contributed by atoms with van der Waals surface area (Å²) in [4.78, 5) is 38.4. The smallest absolute Gasteiger partial charge is 0.267 e. The number of nitrogens with zero attached hydrogens (tertiary/aromatic N) is 3. The van der Waals surface area contributed by atoms with Crippen molar-refractivity contribution in [3.63, 3.8) is 0 Å². The van der Waals surface area contributed by atoms with Gasteiger partial charge in [0, 0.05) is 30.3 Å². The van der Waals surface area contributed by atoms with Crippen LogP contribution in [0.2, 0.25) is 5.02 Å². The molecule has 2 aromatic carbocycles. The lowest BCUT2D eigenvalue weighted by Crippen LogP contribution is -2.29. The van der Waals surface area contributed by atoms with Gasteiger partial charge in [0.25, 0.3) is 5.56 Å². The van der Waals surface area contributed by atoms with Crippen LogP contribution >= 0.6 is 11.6 Å². The van der Waals surface area contributed by atoms with Gasteiger partial charge in [-0.05, 0) is 30.7 Å². The molecule has 0 aliphatic carbocycles. The van der Waals surface area contributed by atoms with E-state index in [-0.39, 0.29) is 18.0 Å². The number of anilines is 2. The monoisotopic (exact) mass is 422 g/mol. The lowest BCUT2D eigenvalue weighted by Gasteiger charge is -2.17. The van der Waals surface area contributed by atoms with E-state index in [1.54, 1.807) is 29.2 Å². The van der Waals surface area contributed by atoms with Crippen LogP contribution in [0.4, 0.5) is 11.4 Å². The highest BCUT2D eigenvalue weighted by atomic mass is 35.5. The Hall–Kier alpha value is -3.45. The average Bonchev–Trinajstić information content (AvgIpc) is 3.18. The van der Waals surface area contributed by atoms with Gasteiger partial charge in [0.15, 0.2) is 0 Å². The molecule has 0 spiro atoms. The molecule has 30 heavy (non-hydrogen) atoms. The van der Waals surface area contributed by atoms with Crippen LogP contribution in [0.15, 0.2) is 65.5 Å². The van der Waals surface area contributed by atoms with Crippen LogP contribution in [0.5, 0.6) is 0 Å². The number of aromatic nitrogens is 2. The van der Waals surface area contributed by atoms with Gasteiger partial charge in [-0.1, -0.05) is 41.9 Å². The zero-order valence-corrected chi connectivity index (χ0v) is 16.8. The fraction of sp³-hybridized carbons (Fsp3) is 0.182. The van der Waals surface area contributed by atoms with Crippen molar-refractivity contribution in [3.8, 4) is 11.3 Å². The highest BCUT2D eigenvalue weighted by Gasteiger charge is 2.22. The molecule has 3 aromatic rings. The number of amides is 2. The van der Waals surface area contributed by atoms with Crippen molar-refractivity contribution < 1.29 is 9.59 Å². The summed E-state index contributed by atoms with van der Waals surface area (Å²) >= 11 is 6.22. The van der Waals surface area contributed by atoms with Gasteiger partial charge < -0.3 is 10.2 Å². The summed E-state index contributed by atoms with van der Waals surface area (Å²) in [6, 6.07) is 17.5. The van der Waals surface area contributed by atoms with Crippen molar-refractivity contribution >= 4 is 34.8 Å². The van der Waals surface area contributed by atoms with E-state index in [1.807, 2.05) is 30.3 Å². The van der Waals surface area contributed by atoms with E-state index in [0.717, 1.165) is 16.7 Å². The minimum atomic E-state index is -0.443. The van der Waals surface area contributed by atoms with Gasteiger partial charge in [0.2, 0.25) is 11.8 Å². The number of halogens is 1. The van der Waals surface area contributed by atoms with Crippen molar-refractivity contribution in [1.29, 1.82) is 0 Å². The predicted molar refractivity (Wildman–Crippen MR) is 116 cm³/mol. The maximum absolute atomic E-state index is 12.6. The molecule has 1 N–H and O–H groups in total. The summed E-state index contributed by atoms with van der Waals surface area (Å²) < 4.78 is 1.11. The number of benzene rings is 2. The Morgan fingerprint density at radius 2 is 1.87 bits per heavy atom. The molecule has 1 aromatic heterocycles. The molecule has 1 saturated heterocycles. The first-order valence-electron chi connectivity index (χ1n) is 9.54. The number of nitrogens with one attached hydrogen (secondary N) is 1. The maximum atomic E-state index is 12.6. The van der Waals surface area contributed by atoms with Gasteiger partial charge in [-0.15, -0.1) is 0 Å². The highest BCUT2D eigenvalue weighted by Crippen LogP contribution is 2.30. The van der Waals surface area contributed by atoms with Crippen LogP contribution in [0.1, 0.15) is 12.8 Å². The topological polar surface area (TPSA) is 84.3 Å². The molecule has 8 heteroatoms. The molecular weight excluding hydrogens is 404 g/mol. The van der Waals surface area contributed by atoms with Crippen molar-refractivity contribution in [2.45, 2.75) is 19.4 Å². The van der Waals surface area contributed by atoms with Gasteiger partial charge in [0.1, 0.15) is 6.54 Å². The molecule has 0 saturated carbocycles. The fourth-order valence-corrected chi connectivity index (χ4v) is 3.51. The predicted octanol–water partition coefficient (Wildman–Crippen LogP) is 3.33. The number of hydrogen-bond donors (Lipinski definition) is 1. The lowest BCUT2D eigenvalue weighted by molar-refractivity contribution is -0.117. The highest BCUT2D eigenvalue weighted by molar-refractivity contribution is 6.33. The fourth-order valence-electron chi connectivity index (χ4n) is 3.35. The molecule has 0 unspecified atom stereocenters. The Balaban J connectivity index is 1.53. The molecule has 7 nitrogen and oxygen atoms in total. The third kappa shape index (κ3) is 4.26. The second-order valence-electron chi connectivity index (χ2n) is 6.94. The standard InChI is InChI=1S/C22H19ClN4O3/c23-17-9-8-16(26-12-4-7-21(26)29)13-19(17)24-20(28)14-27-22(30)11-10-18(25-27)15-5-2-1-3-6-15/h1-3,5-6,8-11,13H,4,7,12,14H2,(H,24,28). The van der Waals surface area contributed by atoms with E-state index >= 15 is 0 Å². The lowest BCUT2D eigenvalue weighted by atomic mass is 10.1. The van der Waals surface area contributed by atoms with Crippen molar-refractivity contribution in [1.82, 2.24) is 9.78 Å². The molecule has 1 fully saturated rings. The van der Waals surface area contributed by atoms with Gasteiger partial charge >= 0.3 is 0 Å². The Bertz CT molecular complexity index is 1160. The number of hydrogen-bond acceptors (Lipinski definition) is 4. The van der Waals surface area contributed by atoms with E-state index < -0.39 is 5.91 Å². The van der Waals surface area contributed by atoms with Crippen LogP contribution < -0.4 is 15.8 Å². The zero-order chi connectivity index (χ0) is 21.1. The van der Waals surface area contributed by atoms with Gasteiger partial charge in [-0.3, -0.25) is 14.4 Å². The molecule has 2 amide bonds. The van der Waals surface area contributed by atoms with Gasteiger partial charge in [-0.25, -0.2) is 4.68 Å². The summed E-state index contributed by atoms with van der Waals surface area (Å²) in [5.74, 6) is -0.398. The Kier molecular flexibility index (Phi) is 5.63. The molecule has 4 rings (SSSR count). The Labute approximate surface area is 177 Å². The molecule has 0 radical (unpaired) electrons.